The highest BCUT2D eigenvalue weighted by Gasteiger charge is 2.09. The van der Waals surface area contributed by atoms with Crippen LogP contribution in [0.2, 0.25) is 0 Å². The van der Waals surface area contributed by atoms with Gasteiger partial charge in [-0.3, -0.25) is 0 Å². The van der Waals surface area contributed by atoms with Gasteiger partial charge in [0.1, 0.15) is 0 Å². The second-order valence-electron chi connectivity index (χ2n) is 5.89. The quantitative estimate of drug-likeness (QED) is 0.324. The molecule has 26 heavy (non-hydrogen) atoms. The number of phenols is 1. The van der Waals surface area contributed by atoms with Crippen molar-refractivity contribution in [1.82, 2.24) is 15.8 Å². The number of methoxy groups -OCH3 is 1. The minimum Gasteiger partial charge on any atom is -0.504 e. The van der Waals surface area contributed by atoms with Crippen LogP contribution in [-0.4, -0.2) is 29.9 Å². The second-order valence-corrected chi connectivity index (χ2v) is 5.89. The van der Waals surface area contributed by atoms with E-state index in [-0.39, 0.29) is 29.7 Å². The first-order valence-electron chi connectivity index (χ1n) is 8.37. The van der Waals surface area contributed by atoms with Crippen LogP contribution in [0.15, 0.2) is 33.8 Å². The molecule has 0 aliphatic carbocycles. The van der Waals surface area contributed by atoms with Crippen LogP contribution in [0, 0.1) is 0 Å². The highest BCUT2D eigenvalue weighted by Crippen LogP contribution is 2.29. The van der Waals surface area contributed by atoms with Crippen molar-refractivity contribution in [3.05, 3.63) is 41.3 Å². The summed E-state index contributed by atoms with van der Waals surface area (Å²) in [6.45, 7) is 7.67. The topological polar surface area (TPSA) is 91.9 Å². The highest BCUT2D eigenvalue weighted by atomic mass is 127. The zero-order chi connectivity index (χ0) is 18.2. The van der Waals surface area contributed by atoms with Crippen LogP contribution in [0.4, 0.5) is 0 Å². The Kier molecular flexibility index (Phi) is 9.25. The van der Waals surface area contributed by atoms with Crippen LogP contribution in [-0.2, 0) is 13.1 Å². The molecular formula is C18H27IN4O3. The number of hydrogen-bond donors (Lipinski definition) is 3. The summed E-state index contributed by atoms with van der Waals surface area (Å²) >= 11 is 0. The van der Waals surface area contributed by atoms with Crippen LogP contribution in [0.1, 0.15) is 43.7 Å². The average molecular weight is 474 g/mol. The average Bonchev–Trinajstić information content (AvgIpc) is 3.08. The Balaban J connectivity index is 0.00000338. The van der Waals surface area contributed by atoms with Gasteiger partial charge in [-0.05, 0) is 18.9 Å². The Bertz CT molecular complexity index is 716. The van der Waals surface area contributed by atoms with Crippen LogP contribution >= 0.6 is 24.0 Å². The third kappa shape index (κ3) is 6.08. The standard InChI is InChI=1S/C18H26N4O3.HI/c1-5-19-18(21-11-14-9-15(12(2)3)22-25-14)20-10-13-7-6-8-16(24-4)17(13)23;/h6-9,12,23H,5,10-11H2,1-4H3,(H2,19,20,21);1H. The molecule has 1 aromatic carbocycles. The summed E-state index contributed by atoms with van der Waals surface area (Å²) in [7, 11) is 1.52. The minimum atomic E-state index is 0. The maximum Gasteiger partial charge on any atom is 0.191 e. The zero-order valence-electron chi connectivity index (χ0n) is 15.6. The van der Waals surface area contributed by atoms with Gasteiger partial charge in [0.05, 0.1) is 25.9 Å². The van der Waals surface area contributed by atoms with Gasteiger partial charge < -0.3 is 25.0 Å². The number of halogens is 1. The maximum atomic E-state index is 10.1. The first kappa shape index (κ1) is 22.1. The normalized spacial score (nSPS) is 11.2. The van der Waals surface area contributed by atoms with Crippen LogP contribution in [0.3, 0.4) is 0 Å². The highest BCUT2D eigenvalue weighted by molar-refractivity contribution is 14.0. The third-order valence-electron chi connectivity index (χ3n) is 3.65. The second kappa shape index (κ2) is 10.9. The molecule has 144 valence electrons. The Labute approximate surface area is 171 Å². The van der Waals surface area contributed by atoms with Gasteiger partial charge in [-0.25, -0.2) is 4.99 Å². The van der Waals surface area contributed by atoms with E-state index >= 15 is 0 Å². The van der Waals surface area contributed by atoms with E-state index in [0.29, 0.717) is 36.3 Å². The van der Waals surface area contributed by atoms with E-state index in [9.17, 15) is 5.11 Å². The molecule has 0 amide bonds. The van der Waals surface area contributed by atoms with Crippen molar-refractivity contribution in [2.45, 2.75) is 39.8 Å². The lowest BCUT2D eigenvalue weighted by Crippen LogP contribution is -2.36. The van der Waals surface area contributed by atoms with Gasteiger partial charge in [0.15, 0.2) is 23.2 Å². The first-order valence-corrected chi connectivity index (χ1v) is 8.37. The molecule has 0 radical (unpaired) electrons. The van der Waals surface area contributed by atoms with Crippen molar-refractivity contribution in [3.8, 4) is 11.5 Å². The van der Waals surface area contributed by atoms with Crippen LogP contribution in [0.25, 0.3) is 0 Å². The fourth-order valence-electron chi connectivity index (χ4n) is 2.22. The molecule has 0 spiro atoms. The molecule has 0 fully saturated rings. The summed E-state index contributed by atoms with van der Waals surface area (Å²) < 4.78 is 10.4. The van der Waals surface area contributed by atoms with E-state index in [2.05, 4.69) is 34.6 Å². The van der Waals surface area contributed by atoms with E-state index in [1.807, 2.05) is 25.1 Å². The van der Waals surface area contributed by atoms with Gasteiger partial charge in [-0.2, -0.15) is 0 Å². The molecule has 2 rings (SSSR count). The fourth-order valence-corrected chi connectivity index (χ4v) is 2.22. The fraction of sp³-hybridized carbons (Fsp3) is 0.444. The lowest BCUT2D eigenvalue weighted by Gasteiger charge is -2.11. The van der Waals surface area contributed by atoms with Crippen molar-refractivity contribution in [1.29, 1.82) is 0 Å². The van der Waals surface area contributed by atoms with Crippen molar-refractivity contribution in [3.63, 3.8) is 0 Å². The summed E-state index contributed by atoms with van der Waals surface area (Å²) in [6, 6.07) is 7.29. The molecule has 1 heterocycles. The van der Waals surface area contributed by atoms with Gasteiger partial charge in [0.2, 0.25) is 0 Å². The number of ether oxygens (including phenoxy) is 1. The molecule has 2 aromatic rings. The molecule has 8 heteroatoms. The molecule has 1 aromatic heterocycles. The molecule has 0 bridgehead atoms. The summed E-state index contributed by atoms with van der Waals surface area (Å²) in [5, 5.41) is 20.5. The predicted molar refractivity (Wildman–Crippen MR) is 112 cm³/mol. The number of para-hydroxylation sites is 1. The maximum absolute atomic E-state index is 10.1. The zero-order valence-corrected chi connectivity index (χ0v) is 17.9. The van der Waals surface area contributed by atoms with Crippen molar-refractivity contribution in [2.24, 2.45) is 4.99 Å². The van der Waals surface area contributed by atoms with E-state index < -0.39 is 0 Å². The number of aromatic hydroxyl groups is 1. The third-order valence-corrected chi connectivity index (χ3v) is 3.65. The van der Waals surface area contributed by atoms with Crippen LogP contribution in [0.5, 0.6) is 11.5 Å². The lowest BCUT2D eigenvalue weighted by atomic mass is 10.1. The van der Waals surface area contributed by atoms with E-state index in [1.165, 1.54) is 7.11 Å². The first-order chi connectivity index (χ1) is 12.0. The van der Waals surface area contributed by atoms with Gasteiger partial charge in [0, 0.05) is 18.2 Å². The SMILES string of the molecule is CCNC(=NCc1cccc(OC)c1O)NCc1cc(C(C)C)no1.I. The monoisotopic (exact) mass is 474 g/mol. The summed E-state index contributed by atoms with van der Waals surface area (Å²) in [6.07, 6.45) is 0. The van der Waals surface area contributed by atoms with Gasteiger partial charge >= 0.3 is 0 Å². The smallest absolute Gasteiger partial charge is 0.191 e. The number of nitrogens with zero attached hydrogens (tertiary/aromatic N) is 2. The number of aromatic nitrogens is 1. The number of guanidine groups is 1. The minimum absolute atomic E-state index is 0. The van der Waals surface area contributed by atoms with Crippen molar-refractivity contribution < 1.29 is 14.4 Å². The lowest BCUT2D eigenvalue weighted by molar-refractivity contribution is 0.370. The Morgan fingerprint density at radius 2 is 2.12 bits per heavy atom. The molecular weight excluding hydrogens is 447 g/mol. The predicted octanol–water partition coefficient (Wildman–Crippen LogP) is 3.39. The summed E-state index contributed by atoms with van der Waals surface area (Å²) in [5.41, 5.74) is 1.62. The summed E-state index contributed by atoms with van der Waals surface area (Å²) in [5.74, 6) is 2.26. The number of nitrogens with one attached hydrogen (secondary N) is 2. The molecule has 0 saturated carbocycles. The summed E-state index contributed by atoms with van der Waals surface area (Å²) in [4.78, 5) is 4.49. The molecule has 0 unspecified atom stereocenters. The Morgan fingerprint density at radius 3 is 2.73 bits per heavy atom. The van der Waals surface area contributed by atoms with Gasteiger partial charge in [0.25, 0.3) is 0 Å². The molecule has 7 nitrogen and oxygen atoms in total. The van der Waals surface area contributed by atoms with Gasteiger partial charge in [-0.15, -0.1) is 24.0 Å². The molecule has 0 saturated heterocycles. The molecule has 0 atom stereocenters. The van der Waals surface area contributed by atoms with Crippen molar-refractivity contribution in [2.75, 3.05) is 13.7 Å². The van der Waals surface area contributed by atoms with E-state index in [0.717, 1.165) is 18.0 Å². The Hall–Kier alpha value is -1.97. The van der Waals surface area contributed by atoms with Crippen LogP contribution < -0.4 is 15.4 Å². The number of rotatable bonds is 7. The molecule has 0 aliphatic rings. The number of phenolic OH excluding ortho intramolecular Hbond substituents is 1. The van der Waals surface area contributed by atoms with Crippen molar-refractivity contribution >= 4 is 29.9 Å². The van der Waals surface area contributed by atoms with E-state index in [1.54, 1.807) is 6.07 Å². The largest absolute Gasteiger partial charge is 0.504 e. The molecule has 0 aliphatic heterocycles. The van der Waals surface area contributed by atoms with Gasteiger partial charge in [-0.1, -0.05) is 31.1 Å². The number of hydrogen-bond acceptors (Lipinski definition) is 5. The number of aliphatic imine (C=N–C) groups is 1. The molecule has 3 N–H and O–H groups in total. The number of benzene rings is 1. The van der Waals surface area contributed by atoms with E-state index in [4.69, 9.17) is 9.26 Å². The Morgan fingerprint density at radius 1 is 1.35 bits per heavy atom.